The summed E-state index contributed by atoms with van der Waals surface area (Å²) in [4.78, 5) is 20.2. The molecule has 0 spiro atoms. The third kappa shape index (κ3) is 6.55. The number of hydroxylamine groups is 2. The van der Waals surface area contributed by atoms with Crippen molar-refractivity contribution in [1.82, 2.24) is 5.06 Å². The highest BCUT2D eigenvalue weighted by molar-refractivity contribution is 7.90. The summed E-state index contributed by atoms with van der Waals surface area (Å²) in [5.74, 6) is -0.140. The van der Waals surface area contributed by atoms with Gasteiger partial charge in [-0.15, -0.1) is 5.06 Å². The van der Waals surface area contributed by atoms with Crippen LogP contribution in [0.25, 0.3) is 0 Å². The second-order valence-electron chi connectivity index (χ2n) is 10.8. The van der Waals surface area contributed by atoms with Crippen LogP contribution in [0.5, 0.6) is 0 Å². The second-order valence-corrected chi connectivity index (χ2v) is 13.1. The largest absolute Gasteiger partial charge is 0.367 e. The molecule has 4 rings (SSSR count). The molecule has 0 bridgehead atoms. The van der Waals surface area contributed by atoms with Gasteiger partial charge in [-0.25, -0.2) is 13.2 Å². The van der Waals surface area contributed by atoms with Crippen molar-refractivity contribution >= 4 is 27.4 Å². The summed E-state index contributed by atoms with van der Waals surface area (Å²) in [7, 11) is -3.42. The summed E-state index contributed by atoms with van der Waals surface area (Å²) in [6.07, 6.45) is 18.2. The molecule has 3 aliphatic rings. The lowest BCUT2D eigenvalue weighted by Crippen LogP contribution is -2.47. The maximum absolute atomic E-state index is 13.8. The van der Waals surface area contributed by atoms with Crippen molar-refractivity contribution in [2.45, 2.75) is 119 Å². The smallest absolute Gasteiger partial charge is 0.332 e. The van der Waals surface area contributed by atoms with Crippen LogP contribution < -0.4 is 0 Å². The number of carbonyl (C=O) groups excluding carboxylic acids is 1. The first kappa shape index (κ1) is 26.0. The molecule has 0 aliphatic heterocycles. The van der Waals surface area contributed by atoms with Gasteiger partial charge in [-0.2, -0.15) is 0 Å². The summed E-state index contributed by atoms with van der Waals surface area (Å²) in [6, 6.07) is 5.59. The summed E-state index contributed by atoms with van der Waals surface area (Å²) < 4.78 is 24.1. The van der Waals surface area contributed by atoms with Crippen molar-refractivity contribution in [3.63, 3.8) is 0 Å². The molecule has 3 fully saturated rings. The fraction of sp³-hybridized carbons (Fsp3) is 0.741. The number of carbonyl (C=O) groups is 1. The molecule has 5 nitrogen and oxygen atoms in total. The van der Waals surface area contributed by atoms with Crippen LogP contribution in [0.4, 0.5) is 0 Å². The van der Waals surface area contributed by atoms with Gasteiger partial charge in [0.05, 0.1) is 15.8 Å². The topological polar surface area (TPSA) is 63.7 Å². The van der Waals surface area contributed by atoms with Crippen molar-refractivity contribution in [1.29, 1.82) is 0 Å². The molecular formula is C27H40ClNO4S. The molecule has 0 heterocycles. The van der Waals surface area contributed by atoms with Crippen LogP contribution in [-0.2, 0) is 19.5 Å². The maximum Gasteiger partial charge on any atom is 0.332 e. The van der Waals surface area contributed by atoms with Gasteiger partial charge in [-0.1, -0.05) is 81.9 Å². The van der Waals surface area contributed by atoms with Crippen molar-refractivity contribution in [3.8, 4) is 0 Å². The lowest BCUT2D eigenvalue weighted by atomic mass is 9.88. The number of rotatable bonds is 8. The molecule has 1 aromatic carbocycles. The molecule has 0 N–H and O–H groups in total. The molecule has 3 saturated carbocycles. The van der Waals surface area contributed by atoms with Gasteiger partial charge in [0.1, 0.15) is 0 Å². The summed E-state index contributed by atoms with van der Waals surface area (Å²) >= 11 is 6.39. The molecule has 0 saturated heterocycles. The molecule has 1 atom stereocenters. The van der Waals surface area contributed by atoms with Crippen LogP contribution >= 0.6 is 11.6 Å². The van der Waals surface area contributed by atoms with E-state index in [9.17, 15) is 13.2 Å². The standard InChI is InChI=1S/C27H40ClNO4S/c1-34(31,32)26-17-16-21(19-25(26)28)24(18-20-10-8-9-11-20)27(30)33-29(22-12-4-2-5-13-22)23-14-6-3-7-15-23/h16-17,19-20,22-24H,2-15,18H2,1H3/t24-/m0/s1. The molecule has 34 heavy (non-hydrogen) atoms. The predicted octanol–water partition coefficient (Wildman–Crippen LogP) is 6.83. The lowest BCUT2D eigenvalue weighted by molar-refractivity contribution is -0.225. The minimum atomic E-state index is -3.42. The third-order valence-corrected chi connectivity index (χ3v) is 9.73. The Bertz CT molecular complexity index is 914. The summed E-state index contributed by atoms with van der Waals surface area (Å²) in [5.41, 5.74) is 0.765. The number of benzene rings is 1. The second kappa shape index (κ2) is 11.7. The van der Waals surface area contributed by atoms with E-state index in [2.05, 4.69) is 5.06 Å². The molecule has 0 aromatic heterocycles. The maximum atomic E-state index is 13.8. The van der Waals surface area contributed by atoms with E-state index >= 15 is 0 Å². The molecule has 3 aliphatic carbocycles. The zero-order chi connectivity index (χ0) is 24.1. The Morgan fingerprint density at radius 2 is 1.47 bits per heavy atom. The van der Waals surface area contributed by atoms with Gasteiger partial charge in [0.25, 0.3) is 0 Å². The van der Waals surface area contributed by atoms with Crippen molar-refractivity contribution in [2.75, 3.05) is 6.26 Å². The Morgan fingerprint density at radius 3 is 1.97 bits per heavy atom. The Kier molecular flexibility index (Phi) is 8.97. The number of nitrogens with zero attached hydrogens (tertiary/aromatic N) is 1. The molecule has 0 amide bonds. The van der Waals surface area contributed by atoms with E-state index in [1.54, 1.807) is 18.2 Å². The first-order valence-corrected chi connectivity index (χ1v) is 15.6. The molecule has 1 aromatic rings. The van der Waals surface area contributed by atoms with E-state index in [1.807, 2.05) is 0 Å². The quantitative estimate of drug-likeness (QED) is 0.359. The zero-order valence-corrected chi connectivity index (χ0v) is 22.1. The fourth-order valence-electron chi connectivity index (χ4n) is 6.27. The Hall–Kier alpha value is -1.11. The number of sulfone groups is 1. The average Bonchev–Trinajstić information content (AvgIpc) is 3.34. The highest BCUT2D eigenvalue weighted by atomic mass is 35.5. The normalized spacial score (nSPS) is 22.2. The SMILES string of the molecule is CS(=O)(=O)c1ccc([C@H](CC2CCCC2)C(=O)ON(C2CCCCC2)C2CCCCC2)cc1Cl. The van der Waals surface area contributed by atoms with E-state index < -0.39 is 15.8 Å². The van der Waals surface area contributed by atoms with Crippen LogP contribution in [0, 0.1) is 5.92 Å². The van der Waals surface area contributed by atoms with E-state index in [1.165, 1.54) is 51.4 Å². The summed E-state index contributed by atoms with van der Waals surface area (Å²) in [5, 5.41) is 2.27. The lowest BCUT2D eigenvalue weighted by Gasteiger charge is -2.40. The van der Waals surface area contributed by atoms with E-state index in [0.29, 0.717) is 18.0 Å². The monoisotopic (exact) mass is 509 g/mol. The number of hydrogen-bond donors (Lipinski definition) is 0. The molecular weight excluding hydrogens is 470 g/mol. The van der Waals surface area contributed by atoms with Crippen LogP contribution in [-0.4, -0.2) is 37.8 Å². The first-order valence-electron chi connectivity index (χ1n) is 13.3. The highest BCUT2D eigenvalue weighted by Crippen LogP contribution is 2.38. The average molecular weight is 510 g/mol. The summed E-state index contributed by atoms with van der Waals surface area (Å²) in [6.45, 7) is 0. The van der Waals surface area contributed by atoms with E-state index in [0.717, 1.165) is 56.8 Å². The minimum Gasteiger partial charge on any atom is -0.367 e. The van der Waals surface area contributed by atoms with Gasteiger partial charge >= 0.3 is 5.97 Å². The zero-order valence-electron chi connectivity index (χ0n) is 20.5. The van der Waals surface area contributed by atoms with Gasteiger partial charge in [0.2, 0.25) is 0 Å². The van der Waals surface area contributed by atoms with Crippen molar-refractivity contribution in [3.05, 3.63) is 28.8 Å². The van der Waals surface area contributed by atoms with Gasteiger partial charge in [0.15, 0.2) is 9.84 Å². The van der Waals surface area contributed by atoms with Gasteiger partial charge in [0, 0.05) is 18.3 Å². The Balaban J connectivity index is 1.59. The molecule has 190 valence electrons. The van der Waals surface area contributed by atoms with E-state index in [4.69, 9.17) is 16.4 Å². The molecule has 0 radical (unpaired) electrons. The fourth-order valence-corrected chi connectivity index (χ4v) is 7.61. The Morgan fingerprint density at radius 1 is 0.941 bits per heavy atom. The van der Waals surface area contributed by atoms with Crippen LogP contribution in [0.15, 0.2) is 23.1 Å². The van der Waals surface area contributed by atoms with E-state index in [-0.39, 0.29) is 15.9 Å². The predicted molar refractivity (Wildman–Crippen MR) is 136 cm³/mol. The minimum absolute atomic E-state index is 0.108. The molecule has 7 heteroatoms. The molecule has 0 unspecified atom stereocenters. The van der Waals surface area contributed by atoms with Gasteiger partial charge in [-0.05, 0) is 55.7 Å². The third-order valence-electron chi connectivity index (χ3n) is 8.15. The van der Waals surface area contributed by atoms with Crippen molar-refractivity contribution < 1.29 is 18.0 Å². The van der Waals surface area contributed by atoms with Crippen LogP contribution in [0.3, 0.4) is 0 Å². The van der Waals surface area contributed by atoms with Crippen LogP contribution in [0.1, 0.15) is 108 Å². The first-order chi connectivity index (χ1) is 16.3. The van der Waals surface area contributed by atoms with Gasteiger partial charge < -0.3 is 4.84 Å². The van der Waals surface area contributed by atoms with Gasteiger partial charge in [-0.3, -0.25) is 0 Å². The van der Waals surface area contributed by atoms with Crippen molar-refractivity contribution in [2.24, 2.45) is 5.92 Å². The highest BCUT2D eigenvalue weighted by Gasteiger charge is 2.36. The number of hydrogen-bond acceptors (Lipinski definition) is 5. The number of halogens is 1. The van der Waals surface area contributed by atoms with Crippen LogP contribution in [0.2, 0.25) is 5.02 Å². The Labute approximate surface area is 210 Å².